The molecule has 2 heterocycles. The standard InChI is InChI=1S/C10H18N6/c1-4-11-5-7-15(6-1)8-10-12-13-14-16(10)9-2-3-9/h9,11H,1-8H2. The minimum Gasteiger partial charge on any atom is -0.315 e. The Bertz CT molecular complexity index is 337. The van der Waals surface area contributed by atoms with E-state index in [-0.39, 0.29) is 0 Å². The van der Waals surface area contributed by atoms with Crippen LogP contribution < -0.4 is 5.32 Å². The number of tetrazole rings is 1. The summed E-state index contributed by atoms with van der Waals surface area (Å²) in [6.45, 7) is 5.34. The predicted molar refractivity (Wildman–Crippen MR) is 58.9 cm³/mol. The van der Waals surface area contributed by atoms with Crippen LogP contribution >= 0.6 is 0 Å². The van der Waals surface area contributed by atoms with Gasteiger partial charge in [0.1, 0.15) is 0 Å². The van der Waals surface area contributed by atoms with Gasteiger partial charge in [0.2, 0.25) is 0 Å². The molecule has 1 saturated heterocycles. The third kappa shape index (κ3) is 2.22. The normalized spacial score (nSPS) is 23.2. The number of aromatic nitrogens is 4. The first-order chi connectivity index (χ1) is 7.93. The van der Waals surface area contributed by atoms with Crippen molar-refractivity contribution in [2.75, 3.05) is 26.2 Å². The van der Waals surface area contributed by atoms with E-state index in [9.17, 15) is 0 Å². The van der Waals surface area contributed by atoms with Crippen LogP contribution in [0.1, 0.15) is 31.1 Å². The van der Waals surface area contributed by atoms with Crippen molar-refractivity contribution in [3.63, 3.8) is 0 Å². The second-order valence-corrected chi connectivity index (χ2v) is 4.65. The zero-order chi connectivity index (χ0) is 10.8. The summed E-state index contributed by atoms with van der Waals surface area (Å²) in [5.41, 5.74) is 0. The molecule has 6 nitrogen and oxygen atoms in total. The van der Waals surface area contributed by atoms with E-state index in [1.165, 1.54) is 19.3 Å². The van der Waals surface area contributed by atoms with Gasteiger partial charge < -0.3 is 5.32 Å². The first-order valence-corrected chi connectivity index (χ1v) is 6.13. The van der Waals surface area contributed by atoms with Gasteiger partial charge >= 0.3 is 0 Å². The van der Waals surface area contributed by atoms with Crippen molar-refractivity contribution < 1.29 is 0 Å². The van der Waals surface area contributed by atoms with E-state index in [4.69, 9.17) is 0 Å². The van der Waals surface area contributed by atoms with Crippen LogP contribution in [-0.4, -0.2) is 51.3 Å². The fraction of sp³-hybridized carbons (Fsp3) is 0.900. The van der Waals surface area contributed by atoms with Crippen LogP contribution in [0, 0.1) is 0 Å². The molecule has 0 atom stereocenters. The highest BCUT2D eigenvalue weighted by Crippen LogP contribution is 2.34. The zero-order valence-electron chi connectivity index (χ0n) is 9.47. The monoisotopic (exact) mass is 222 g/mol. The molecule has 2 fully saturated rings. The molecule has 0 unspecified atom stereocenters. The van der Waals surface area contributed by atoms with Crippen molar-refractivity contribution in [1.29, 1.82) is 0 Å². The Labute approximate surface area is 95.0 Å². The molecule has 3 rings (SSSR count). The summed E-state index contributed by atoms with van der Waals surface area (Å²) in [5.74, 6) is 1.03. The van der Waals surface area contributed by atoms with Crippen LogP contribution in [0.15, 0.2) is 0 Å². The minimum absolute atomic E-state index is 0.579. The van der Waals surface area contributed by atoms with Gasteiger partial charge in [-0.15, -0.1) is 5.10 Å². The number of nitrogens with one attached hydrogen (secondary N) is 1. The van der Waals surface area contributed by atoms with Crippen molar-refractivity contribution in [3.05, 3.63) is 5.82 Å². The summed E-state index contributed by atoms with van der Waals surface area (Å²) in [6, 6.07) is 0.579. The first-order valence-electron chi connectivity index (χ1n) is 6.13. The average Bonchev–Trinajstić information content (AvgIpc) is 3.07. The first kappa shape index (κ1) is 10.2. The fourth-order valence-electron chi connectivity index (χ4n) is 2.18. The maximum atomic E-state index is 4.14. The Morgan fingerprint density at radius 2 is 2.19 bits per heavy atom. The van der Waals surface area contributed by atoms with Gasteiger partial charge in [-0.2, -0.15) is 0 Å². The molecule has 1 aliphatic carbocycles. The van der Waals surface area contributed by atoms with Gasteiger partial charge in [0, 0.05) is 13.1 Å². The maximum Gasteiger partial charge on any atom is 0.165 e. The molecular weight excluding hydrogens is 204 g/mol. The molecule has 2 aliphatic rings. The molecule has 6 heteroatoms. The molecule has 0 amide bonds. The summed E-state index contributed by atoms with van der Waals surface area (Å²) in [7, 11) is 0. The summed E-state index contributed by atoms with van der Waals surface area (Å²) in [5, 5.41) is 15.4. The van der Waals surface area contributed by atoms with Gasteiger partial charge in [-0.05, 0) is 42.8 Å². The molecule has 0 bridgehead atoms. The number of nitrogens with zero attached hydrogens (tertiary/aromatic N) is 5. The maximum absolute atomic E-state index is 4.14. The van der Waals surface area contributed by atoms with Crippen molar-refractivity contribution in [2.45, 2.75) is 31.8 Å². The largest absolute Gasteiger partial charge is 0.315 e. The molecule has 0 radical (unpaired) electrons. The molecule has 88 valence electrons. The summed E-state index contributed by atoms with van der Waals surface area (Å²) < 4.78 is 2.01. The van der Waals surface area contributed by atoms with Gasteiger partial charge in [0.25, 0.3) is 0 Å². The van der Waals surface area contributed by atoms with E-state index in [1.807, 2.05) is 4.68 Å². The van der Waals surface area contributed by atoms with Gasteiger partial charge in [-0.1, -0.05) is 0 Å². The molecule has 1 aliphatic heterocycles. The topological polar surface area (TPSA) is 58.9 Å². The molecule has 1 aromatic rings. The third-order valence-corrected chi connectivity index (χ3v) is 3.25. The van der Waals surface area contributed by atoms with Crippen LogP contribution in [0.3, 0.4) is 0 Å². The Balaban J connectivity index is 1.65. The average molecular weight is 222 g/mol. The van der Waals surface area contributed by atoms with Gasteiger partial charge in [0.15, 0.2) is 5.82 Å². The lowest BCUT2D eigenvalue weighted by atomic mass is 10.4. The molecule has 1 N–H and O–H groups in total. The van der Waals surface area contributed by atoms with Crippen molar-refractivity contribution >= 4 is 0 Å². The fourth-order valence-corrected chi connectivity index (χ4v) is 2.18. The molecule has 1 saturated carbocycles. The second kappa shape index (κ2) is 4.47. The van der Waals surface area contributed by atoms with Gasteiger partial charge in [0.05, 0.1) is 12.6 Å². The summed E-state index contributed by atoms with van der Waals surface area (Å²) >= 11 is 0. The van der Waals surface area contributed by atoms with Crippen molar-refractivity contribution in [3.8, 4) is 0 Å². The Morgan fingerprint density at radius 3 is 3.06 bits per heavy atom. The van der Waals surface area contributed by atoms with Crippen LogP contribution in [0.4, 0.5) is 0 Å². The van der Waals surface area contributed by atoms with Crippen molar-refractivity contribution in [2.24, 2.45) is 0 Å². The number of hydrogen-bond donors (Lipinski definition) is 1. The van der Waals surface area contributed by atoms with E-state index < -0.39 is 0 Å². The van der Waals surface area contributed by atoms with Crippen molar-refractivity contribution in [1.82, 2.24) is 30.4 Å². The van der Waals surface area contributed by atoms with Crippen LogP contribution in [-0.2, 0) is 6.54 Å². The van der Waals surface area contributed by atoms with E-state index in [0.29, 0.717) is 6.04 Å². The van der Waals surface area contributed by atoms with Crippen LogP contribution in [0.25, 0.3) is 0 Å². The zero-order valence-corrected chi connectivity index (χ0v) is 9.47. The number of hydrogen-bond acceptors (Lipinski definition) is 5. The van der Waals surface area contributed by atoms with Gasteiger partial charge in [-0.25, -0.2) is 4.68 Å². The Morgan fingerprint density at radius 1 is 1.25 bits per heavy atom. The molecular formula is C10H18N6. The third-order valence-electron chi connectivity index (χ3n) is 3.25. The summed E-state index contributed by atoms with van der Waals surface area (Å²) in [6.07, 6.45) is 3.68. The Kier molecular flexibility index (Phi) is 2.84. The molecule has 1 aromatic heterocycles. The van der Waals surface area contributed by atoms with Gasteiger partial charge in [-0.3, -0.25) is 4.90 Å². The lowest BCUT2D eigenvalue weighted by molar-refractivity contribution is 0.271. The lowest BCUT2D eigenvalue weighted by Crippen LogP contribution is -2.29. The van der Waals surface area contributed by atoms with Crippen LogP contribution in [0.5, 0.6) is 0 Å². The smallest absolute Gasteiger partial charge is 0.165 e. The minimum atomic E-state index is 0.579. The van der Waals surface area contributed by atoms with Crippen LogP contribution in [0.2, 0.25) is 0 Å². The number of rotatable bonds is 3. The lowest BCUT2D eigenvalue weighted by Gasteiger charge is -2.18. The molecule has 16 heavy (non-hydrogen) atoms. The quantitative estimate of drug-likeness (QED) is 0.767. The van der Waals surface area contributed by atoms with E-state index in [2.05, 4.69) is 25.7 Å². The van der Waals surface area contributed by atoms with E-state index >= 15 is 0 Å². The van der Waals surface area contributed by atoms with E-state index in [0.717, 1.165) is 38.5 Å². The highest BCUT2D eigenvalue weighted by Gasteiger charge is 2.28. The highest BCUT2D eigenvalue weighted by molar-refractivity contribution is 4.90. The Hall–Kier alpha value is -1.01. The van der Waals surface area contributed by atoms with E-state index in [1.54, 1.807) is 0 Å². The molecule has 0 aromatic carbocycles. The molecule has 0 spiro atoms. The second-order valence-electron chi connectivity index (χ2n) is 4.65. The predicted octanol–water partition coefficient (Wildman–Crippen LogP) is -0.197. The highest BCUT2D eigenvalue weighted by atomic mass is 15.6. The SMILES string of the molecule is C1CNCCN(Cc2nnnn2C2CC2)C1. The summed E-state index contributed by atoms with van der Waals surface area (Å²) in [4.78, 5) is 2.44.